The molecule has 1 fully saturated rings. The van der Waals surface area contributed by atoms with Crippen molar-refractivity contribution in [1.29, 1.82) is 0 Å². The molecule has 3 aromatic carbocycles. The summed E-state index contributed by atoms with van der Waals surface area (Å²) in [6, 6.07) is 22.8. The van der Waals surface area contributed by atoms with Gasteiger partial charge in [-0.25, -0.2) is 4.68 Å². The van der Waals surface area contributed by atoms with Crippen LogP contribution in [0.3, 0.4) is 0 Å². The van der Waals surface area contributed by atoms with Gasteiger partial charge in [-0.15, -0.1) is 11.8 Å². The van der Waals surface area contributed by atoms with Crippen molar-refractivity contribution in [1.82, 2.24) is 9.78 Å². The molecule has 8 heteroatoms. The molecule has 0 amide bonds. The second kappa shape index (κ2) is 8.14. The van der Waals surface area contributed by atoms with Crippen LogP contribution in [0.5, 0.6) is 0 Å². The highest BCUT2D eigenvalue weighted by molar-refractivity contribution is 8.00. The fraction of sp³-hybridized carbons (Fsp3) is 0.136. The van der Waals surface area contributed by atoms with Gasteiger partial charge in [-0.1, -0.05) is 48.2 Å². The summed E-state index contributed by atoms with van der Waals surface area (Å²) in [7, 11) is 0. The van der Waals surface area contributed by atoms with E-state index in [1.807, 2.05) is 60.7 Å². The number of thioether (sulfide) groups is 1. The fourth-order valence-corrected chi connectivity index (χ4v) is 5.43. The summed E-state index contributed by atoms with van der Waals surface area (Å²) in [6.45, 7) is 0.670. The number of para-hydroxylation sites is 1. The third-order valence-electron chi connectivity index (χ3n) is 4.79. The molecule has 1 aliphatic rings. The quantitative estimate of drug-likeness (QED) is 0.289. The highest BCUT2D eigenvalue weighted by Gasteiger charge is 2.28. The van der Waals surface area contributed by atoms with E-state index < -0.39 is 0 Å². The minimum Gasteiger partial charge on any atom is -0.360 e. The van der Waals surface area contributed by atoms with Gasteiger partial charge in [-0.2, -0.15) is 5.10 Å². The number of non-ortho nitro benzene ring substituents is 1. The van der Waals surface area contributed by atoms with Gasteiger partial charge >= 0.3 is 0 Å². The SMILES string of the molecule is O=[N+]([O-])c1cc(Sc2ccccc2)c2c(C3OCCS3)nn(-c3ccccc3)c2c1. The smallest absolute Gasteiger partial charge is 0.272 e. The van der Waals surface area contributed by atoms with E-state index in [0.29, 0.717) is 12.1 Å². The molecule has 1 aromatic heterocycles. The maximum absolute atomic E-state index is 11.7. The van der Waals surface area contributed by atoms with Crippen molar-refractivity contribution in [3.8, 4) is 5.69 Å². The summed E-state index contributed by atoms with van der Waals surface area (Å²) in [6.07, 6.45) is 0. The van der Waals surface area contributed by atoms with Crippen molar-refractivity contribution < 1.29 is 9.66 Å². The van der Waals surface area contributed by atoms with E-state index in [0.717, 1.165) is 32.3 Å². The molecule has 30 heavy (non-hydrogen) atoms. The summed E-state index contributed by atoms with van der Waals surface area (Å²) in [5, 5.41) is 17.5. The number of nitro benzene ring substituents is 1. The Bertz CT molecular complexity index is 1210. The molecule has 1 atom stereocenters. The van der Waals surface area contributed by atoms with Gasteiger partial charge in [0.1, 0.15) is 11.1 Å². The molecule has 1 aliphatic heterocycles. The Hall–Kier alpha value is -2.81. The molecule has 150 valence electrons. The highest BCUT2D eigenvalue weighted by Crippen LogP contribution is 2.44. The van der Waals surface area contributed by atoms with Crippen LogP contribution in [0, 0.1) is 10.1 Å². The normalized spacial score (nSPS) is 16.2. The monoisotopic (exact) mass is 435 g/mol. The lowest BCUT2D eigenvalue weighted by molar-refractivity contribution is -0.384. The van der Waals surface area contributed by atoms with Crippen LogP contribution < -0.4 is 0 Å². The van der Waals surface area contributed by atoms with Crippen LogP contribution in [0.1, 0.15) is 11.1 Å². The molecular weight excluding hydrogens is 418 g/mol. The van der Waals surface area contributed by atoms with Gasteiger partial charge in [0.05, 0.1) is 22.7 Å². The first-order valence-corrected chi connectivity index (χ1v) is 11.3. The van der Waals surface area contributed by atoms with Gasteiger partial charge in [0.25, 0.3) is 5.69 Å². The van der Waals surface area contributed by atoms with Gasteiger partial charge in [0.2, 0.25) is 0 Å². The zero-order chi connectivity index (χ0) is 20.5. The molecule has 0 radical (unpaired) electrons. The average molecular weight is 436 g/mol. The van der Waals surface area contributed by atoms with Crippen LogP contribution in [0.2, 0.25) is 0 Å². The lowest BCUT2D eigenvalue weighted by Gasteiger charge is -2.09. The number of ether oxygens (including phenoxy) is 1. The van der Waals surface area contributed by atoms with E-state index in [9.17, 15) is 10.1 Å². The molecule has 0 saturated carbocycles. The number of nitrogens with zero attached hydrogens (tertiary/aromatic N) is 3. The van der Waals surface area contributed by atoms with Crippen molar-refractivity contribution in [3.05, 3.63) is 88.6 Å². The molecule has 0 spiro atoms. The Morgan fingerprint density at radius 3 is 2.50 bits per heavy atom. The Balaban J connectivity index is 1.78. The summed E-state index contributed by atoms with van der Waals surface area (Å²) in [5.74, 6) is 0.901. The van der Waals surface area contributed by atoms with E-state index in [1.54, 1.807) is 28.6 Å². The molecule has 0 bridgehead atoms. The van der Waals surface area contributed by atoms with Gasteiger partial charge in [0, 0.05) is 33.1 Å². The lowest BCUT2D eigenvalue weighted by atomic mass is 10.2. The maximum atomic E-state index is 11.7. The standard InChI is InChI=1S/C22H17N3O3S2/c26-25(27)16-13-18-20(19(14-16)30-17-9-5-2-6-10-17)21(22-28-11-12-29-22)23-24(18)15-7-3-1-4-8-15/h1-10,13-14,22H,11-12H2. The zero-order valence-corrected chi connectivity index (χ0v) is 17.4. The van der Waals surface area contributed by atoms with Gasteiger partial charge in [0.15, 0.2) is 0 Å². The topological polar surface area (TPSA) is 70.2 Å². The van der Waals surface area contributed by atoms with Crippen LogP contribution in [-0.2, 0) is 4.74 Å². The average Bonchev–Trinajstić information content (AvgIpc) is 3.43. The third kappa shape index (κ3) is 3.58. The Kier molecular flexibility index (Phi) is 5.20. The molecule has 0 aliphatic carbocycles. The number of hydrogen-bond acceptors (Lipinski definition) is 6. The zero-order valence-electron chi connectivity index (χ0n) is 15.8. The number of hydrogen-bond donors (Lipinski definition) is 0. The molecular formula is C22H17N3O3S2. The van der Waals surface area contributed by atoms with Crippen molar-refractivity contribution in [2.75, 3.05) is 12.4 Å². The second-order valence-electron chi connectivity index (χ2n) is 6.72. The summed E-state index contributed by atoms with van der Waals surface area (Å²) < 4.78 is 7.71. The molecule has 6 nitrogen and oxygen atoms in total. The Morgan fingerprint density at radius 2 is 1.83 bits per heavy atom. The predicted molar refractivity (Wildman–Crippen MR) is 119 cm³/mol. The van der Waals surface area contributed by atoms with E-state index in [4.69, 9.17) is 9.84 Å². The van der Waals surface area contributed by atoms with Crippen molar-refractivity contribution in [3.63, 3.8) is 0 Å². The van der Waals surface area contributed by atoms with Crippen LogP contribution in [0.4, 0.5) is 5.69 Å². The lowest BCUT2D eigenvalue weighted by Crippen LogP contribution is -1.99. The number of nitro groups is 1. The first kappa shape index (κ1) is 19.2. The molecule has 5 rings (SSSR count). The maximum Gasteiger partial charge on any atom is 0.272 e. The second-order valence-corrected chi connectivity index (χ2v) is 9.00. The first-order chi connectivity index (χ1) is 14.7. The molecule has 4 aromatic rings. The third-order valence-corrected chi connectivity index (χ3v) is 6.90. The van der Waals surface area contributed by atoms with Crippen LogP contribution in [0.15, 0.2) is 82.6 Å². The van der Waals surface area contributed by atoms with Crippen LogP contribution >= 0.6 is 23.5 Å². The first-order valence-electron chi connectivity index (χ1n) is 9.43. The minimum atomic E-state index is -0.350. The summed E-state index contributed by atoms with van der Waals surface area (Å²) in [5.41, 5.74) is 2.23. The molecule has 0 N–H and O–H groups in total. The largest absolute Gasteiger partial charge is 0.360 e. The van der Waals surface area contributed by atoms with Gasteiger partial charge < -0.3 is 4.74 Å². The number of benzene rings is 3. The Labute approximate surface area is 181 Å². The van der Waals surface area contributed by atoms with E-state index in [-0.39, 0.29) is 16.0 Å². The predicted octanol–water partition coefficient (Wildman–Crippen LogP) is 5.85. The van der Waals surface area contributed by atoms with E-state index >= 15 is 0 Å². The minimum absolute atomic E-state index is 0.0459. The fourth-order valence-electron chi connectivity index (χ4n) is 3.47. The van der Waals surface area contributed by atoms with Gasteiger partial charge in [-0.3, -0.25) is 10.1 Å². The molecule has 2 heterocycles. The van der Waals surface area contributed by atoms with E-state index in [1.165, 1.54) is 11.8 Å². The van der Waals surface area contributed by atoms with E-state index in [2.05, 4.69) is 0 Å². The number of aromatic nitrogens is 2. The Morgan fingerprint density at radius 1 is 1.10 bits per heavy atom. The van der Waals surface area contributed by atoms with Gasteiger partial charge in [-0.05, 0) is 24.3 Å². The van der Waals surface area contributed by atoms with Crippen LogP contribution in [0.25, 0.3) is 16.6 Å². The summed E-state index contributed by atoms with van der Waals surface area (Å²) in [4.78, 5) is 13.2. The van der Waals surface area contributed by atoms with Crippen molar-refractivity contribution in [2.24, 2.45) is 0 Å². The van der Waals surface area contributed by atoms with Crippen molar-refractivity contribution in [2.45, 2.75) is 15.2 Å². The van der Waals surface area contributed by atoms with Crippen LogP contribution in [-0.4, -0.2) is 27.1 Å². The number of rotatable bonds is 5. The van der Waals surface area contributed by atoms with Crippen molar-refractivity contribution >= 4 is 40.1 Å². The highest BCUT2D eigenvalue weighted by atomic mass is 32.2. The summed E-state index contributed by atoms with van der Waals surface area (Å²) >= 11 is 3.21. The molecule has 1 unspecified atom stereocenters. The number of fused-ring (bicyclic) bond motifs is 1. The molecule has 1 saturated heterocycles.